The van der Waals surface area contributed by atoms with Crippen LogP contribution >= 0.6 is 0 Å². The Morgan fingerprint density at radius 2 is 2.17 bits per heavy atom. The Labute approximate surface area is 174 Å². The average Bonchev–Trinajstić information content (AvgIpc) is 2.69. The van der Waals surface area contributed by atoms with Crippen molar-refractivity contribution in [1.29, 1.82) is 0 Å². The molecular weight excluding hydrogens is 366 g/mol. The fraction of sp³-hybridized carbons (Fsp3) is 0.652. The summed E-state index contributed by atoms with van der Waals surface area (Å²) in [7, 11) is 0. The van der Waals surface area contributed by atoms with Gasteiger partial charge in [0, 0.05) is 44.9 Å². The first-order valence-electron chi connectivity index (χ1n) is 10.7. The molecule has 0 bridgehead atoms. The maximum Gasteiger partial charge on any atom is 0.220 e. The monoisotopic (exact) mass is 401 g/mol. The molecule has 0 aromatic carbocycles. The molecule has 3 rings (SSSR count). The van der Waals surface area contributed by atoms with E-state index in [1.165, 1.54) is 5.57 Å². The van der Waals surface area contributed by atoms with Crippen LogP contribution in [0.2, 0.25) is 0 Å². The highest BCUT2D eigenvalue weighted by Gasteiger charge is 2.49. The van der Waals surface area contributed by atoms with E-state index in [2.05, 4.69) is 35.1 Å². The van der Waals surface area contributed by atoms with Crippen molar-refractivity contribution >= 4 is 5.91 Å². The molecule has 0 unspecified atom stereocenters. The molecule has 1 aromatic heterocycles. The standard InChI is InChI=1S/C23H35N3O3/c1-18(2)8-12-26-13-9-23(10-14-26)17-22(3,28)20(16-29-23)25-21(27)7-6-19-5-4-11-24-15-19/h4-5,8,11,15,20,28H,6-7,9-10,12-14,16-17H2,1-3H3,(H,25,27)/t20-,22-/m0/s1. The van der Waals surface area contributed by atoms with Crippen LogP contribution in [-0.4, -0.2) is 64.4 Å². The maximum absolute atomic E-state index is 12.4. The van der Waals surface area contributed by atoms with E-state index in [0.29, 0.717) is 25.9 Å². The van der Waals surface area contributed by atoms with E-state index < -0.39 is 5.60 Å². The predicted molar refractivity (Wildman–Crippen MR) is 114 cm³/mol. The number of aromatic nitrogens is 1. The molecule has 2 aliphatic rings. The Morgan fingerprint density at radius 1 is 1.41 bits per heavy atom. The van der Waals surface area contributed by atoms with Crippen molar-refractivity contribution in [3.8, 4) is 0 Å². The van der Waals surface area contributed by atoms with Gasteiger partial charge in [-0.2, -0.15) is 0 Å². The number of aryl methyl sites for hydroxylation is 1. The van der Waals surface area contributed by atoms with Crippen molar-refractivity contribution in [2.75, 3.05) is 26.2 Å². The van der Waals surface area contributed by atoms with Crippen molar-refractivity contribution < 1.29 is 14.6 Å². The molecule has 0 saturated carbocycles. The summed E-state index contributed by atoms with van der Waals surface area (Å²) in [5, 5.41) is 14.1. The lowest BCUT2D eigenvalue weighted by molar-refractivity contribution is -0.188. The van der Waals surface area contributed by atoms with E-state index in [9.17, 15) is 9.90 Å². The van der Waals surface area contributed by atoms with Crippen molar-refractivity contribution in [1.82, 2.24) is 15.2 Å². The quantitative estimate of drug-likeness (QED) is 0.717. The number of nitrogens with zero attached hydrogens (tertiary/aromatic N) is 2. The third-order valence-corrected chi connectivity index (χ3v) is 6.21. The molecule has 6 heteroatoms. The smallest absolute Gasteiger partial charge is 0.220 e. The third kappa shape index (κ3) is 6.11. The van der Waals surface area contributed by atoms with Crippen LogP contribution in [0.15, 0.2) is 36.2 Å². The largest absolute Gasteiger partial charge is 0.388 e. The summed E-state index contributed by atoms with van der Waals surface area (Å²) in [5.74, 6) is -0.0600. The van der Waals surface area contributed by atoms with Gasteiger partial charge in [0.15, 0.2) is 0 Å². The Kier molecular flexibility index (Phi) is 7.09. The van der Waals surface area contributed by atoms with Gasteiger partial charge >= 0.3 is 0 Å². The van der Waals surface area contributed by atoms with Crippen LogP contribution in [0, 0.1) is 0 Å². The van der Waals surface area contributed by atoms with Crippen molar-refractivity contribution in [3.63, 3.8) is 0 Å². The molecular formula is C23H35N3O3. The number of hydrogen-bond acceptors (Lipinski definition) is 5. The van der Waals surface area contributed by atoms with Crippen molar-refractivity contribution in [3.05, 3.63) is 41.7 Å². The lowest BCUT2D eigenvalue weighted by Crippen LogP contribution is -2.63. The zero-order chi connectivity index (χ0) is 20.9. The van der Waals surface area contributed by atoms with Gasteiger partial charge in [-0.25, -0.2) is 0 Å². The molecule has 2 atom stereocenters. The predicted octanol–water partition coefficient (Wildman–Crippen LogP) is 2.47. The minimum Gasteiger partial charge on any atom is -0.388 e. The van der Waals surface area contributed by atoms with Crippen LogP contribution < -0.4 is 5.32 Å². The normalized spacial score (nSPS) is 26.8. The fourth-order valence-corrected chi connectivity index (χ4v) is 4.31. The number of aliphatic hydroxyl groups is 1. The summed E-state index contributed by atoms with van der Waals surface area (Å²) in [6.07, 6.45) is 9.17. The molecule has 2 aliphatic heterocycles. The minimum absolute atomic E-state index is 0.0600. The topological polar surface area (TPSA) is 74.7 Å². The van der Waals surface area contributed by atoms with E-state index >= 15 is 0 Å². The number of hydrogen-bond donors (Lipinski definition) is 2. The van der Waals surface area contributed by atoms with Gasteiger partial charge in [-0.3, -0.25) is 14.7 Å². The number of likely N-dealkylation sites (tertiary alicyclic amines) is 1. The van der Waals surface area contributed by atoms with E-state index in [4.69, 9.17) is 4.74 Å². The number of amides is 1. The zero-order valence-corrected chi connectivity index (χ0v) is 18.0. The number of pyridine rings is 1. The molecule has 3 heterocycles. The van der Waals surface area contributed by atoms with Crippen molar-refractivity contribution in [2.24, 2.45) is 0 Å². The molecule has 2 fully saturated rings. The second-order valence-electron chi connectivity index (χ2n) is 9.09. The minimum atomic E-state index is -0.968. The van der Waals surface area contributed by atoms with Crippen LogP contribution in [0.3, 0.4) is 0 Å². The van der Waals surface area contributed by atoms with Crippen LogP contribution in [-0.2, 0) is 16.0 Å². The number of allylic oxidation sites excluding steroid dienone is 1. The number of rotatable bonds is 6. The van der Waals surface area contributed by atoms with Crippen LogP contribution in [0.25, 0.3) is 0 Å². The van der Waals surface area contributed by atoms with Gasteiger partial charge in [-0.15, -0.1) is 0 Å². The second kappa shape index (κ2) is 9.37. The molecule has 2 N–H and O–H groups in total. The Balaban J connectivity index is 1.48. The van der Waals surface area contributed by atoms with Crippen LogP contribution in [0.4, 0.5) is 0 Å². The van der Waals surface area contributed by atoms with Gasteiger partial charge in [0.05, 0.1) is 23.9 Å². The first-order chi connectivity index (χ1) is 13.8. The first-order valence-corrected chi connectivity index (χ1v) is 10.7. The Hall–Kier alpha value is -1.76. The number of carbonyl (C=O) groups is 1. The lowest BCUT2D eigenvalue weighted by Gasteiger charge is -2.51. The first kappa shape index (κ1) is 21.9. The average molecular weight is 402 g/mol. The van der Waals surface area contributed by atoms with Crippen molar-refractivity contribution in [2.45, 2.75) is 70.1 Å². The van der Waals surface area contributed by atoms with Gasteiger partial charge in [-0.05, 0) is 51.7 Å². The van der Waals surface area contributed by atoms with Gasteiger partial charge in [0.2, 0.25) is 5.91 Å². The Bertz CT molecular complexity index is 705. The van der Waals surface area contributed by atoms with Gasteiger partial charge < -0.3 is 15.2 Å². The molecule has 160 valence electrons. The summed E-state index contributed by atoms with van der Waals surface area (Å²) in [6.45, 7) is 9.36. The van der Waals surface area contributed by atoms with Gasteiger partial charge in [0.1, 0.15) is 0 Å². The summed E-state index contributed by atoms with van der Waals surface area (Å²) in [4.78, 5) is 18.9. The lowest BCUT2D eigenvalue weighted by atomic mass is 9.75. The van der Waals surface area contributed by atoms with Crippen LogP contribution in [0.1, 0.15) is 52.0 Å². The molecule has 2 saturated heterocycles. The number of ether oxygens (including phenoxy) is 1. The molecule has 0 radical (unpaired) electrons. The van der Waals surface area contributed by atoms with Crippen LogP contribution in [0.5, 0.6) is 0 Å². The highest BCUT2D eigenvalue weighted by molar-refractivity contribution is 5.76. The summed E-state index contributed by atoms with van der Waals surface area (Å²) < 4.78 is 6.27. The highest BCUT2D eigenvalue weighted by atomic mass is 16.5. The summed E-state index contributed by atoms with van der Waals surface area (Å²) >= 11 is 0. The van der Waals surface area contributed by atoms with E-state index in [0.717, 1.165) is 38.0 Å². The molecule has 1 spiro atoms. The second-order valence-corrected chi connectivity index (χ2v) is 9.09. The maximum atomic E-state index is 12.4. The summed E-state index contributed by atoms with van der Waals surface area (Å²) in [5.41, 5.74) is 1.13. The van der Waals surface area contributed by atoms with E-state index in [-0.39, 0.29) is 17.6 Å². The number of carbonyl (C=O) groups excluding carboxylic acids is 1. The number of piperidine rings is 1. The molecule has 0 aliphatic carbocycles. The van der Waals surface area contributed by atoms with E-state index in [1.807, 2.05) is 19.1 Å². The third-order valence-electron chi connectivity index (χ3n) is 6.21. The zero-order valence-electron chi connectivity index (χ0n) is 18.0. The van der Waals surface area contributed by atoms with Gasteiger partial charge in [0.25, 0.3) is 0 Å². The summed E-state index contributed by atoms with van der Waals surface area (Å²) in [6, 6.07) is 3.46. The SMILES string of the molecule is CC(C)=CCN1CCC2(CC1)C[C@](C)(O)[C@@H](NC(=O)CCc1cccnc1)CO2. The highest BCUT2D eigenvalue weighted by Crippen LogP contribution is 2.39. The molecule has 6 nitrogen and oxygen atoms in total. The van der Waals surface area contributed by atoms with Gasteiger partial charge in [-0.1, -0.05) is 17.7 Å². The molecule has 1 amide bonds. The Morgan fingerprint density at radius 3 is 2.79 bits per heavy atom. The number of nitrogens with one attached hydrogen (secondary N) is 1. The fourth-order valence-electron chi connectivity index (χ4n) is 4.31. The molecule has 29 heavy (non-hydrogen) atoms. The molecule has 1 aromatic rings. The van der Waals surface area contributed by atoms with E-state index in [1.54, 1.807) is 12.4 Å².